The molecule has 2 bridgehead atoms. The Balaban J connectivity index is 1.46. The molecule has 1 spiro atoms. The van der Waals surface area contributed by atoms with Crippen molar-refractivity contribution in [2.75, 3.05) is 31.2 Å². The van der Waals surface area contributed by atoms with Gasteiger partial charge in [0, 0.05) is 46.9 Å². The van der Waals surface area contributed by atoms with Crippen LogP contribution in [0.1, 0.15) is 80.8 Å². The van der Waals surface area contributed by atoms with Gasteiger partial charge in [0.05, 0.1) is 22.0 Å². The lowest BCUT2D eigenvalue weighted by molar-refractivity contribution is -0.141. The molecule has 2 aliphatic heterocycles. The average Bonchev–Trinajstić information content (AvgIpc) is 3.17. The summed E-state index contributed by atoms with van der Waals surface area (Å²) in [6, 6.07) is 11.7. The number of amides is 1. The van der Waals surface area contributed by atoms with Crippen LogP contribution in [0.2, 0.25) is 5.02 Å². The number of aryl methyl sites for hydroxylation is 1. The van der Waals surface area contributed by atoms with Gasteiger partial charge < -0.3 is 14.4 Å². The number of ether oxygens (including phenoxy) is 2. The summed E-state index contributed by atoms with van der Waals surface area (Å²) in [7, 11) is -2.98. The standard InChI is InChI=1S/C37H47ClN2O5S/c1-5-18-45-37(23-41)17-6-8-25(2)26(3)46(4,43)39-35(42)28-11-15-34-33(20-28)40(21-29-10-13-32(29)37)22-36(24-44-34)16-7-9-27-19-30(38)12-14-31(27)36/h6,11-12,14-15,17,19-20,23,25-26,29,32H,4-5,7-10,13,16,18,21-22,24H2,1-3H3,(H,39,42,43)/b17-6+/t25-,26+,29-,32+,36-,37-,46?/m0/s1. The molecule has 7 atom stereocenters. The maximum atomic E-state index is 13.8. The van der Waals surface area contributed by atoms with Gasteiger partial charge in [0.2, 0.25) is 0 Å². The van der Waals surface area contributed by atoms with E-state index in [2.05, 4.69) is 34.5 Å². The predicted molar refractivity (Wildman–Crippen MR) is 187 cm³/mol. The number of carbonyl (C=O) groups is 2. The quantitative estimate of drug-likeness (QED) is 0.226. The molecule has 2 aromatic rings. The normalized spacial score (nSPS) is 35.0. The molecule has 1 N–H and O–H groups in total. The van der Waals surface area contributed by atoms with Gasteiger partial charge in [-0.05, 0) is 117 Å². The highest BCUT2D eigenvalue weighted by atomic mass is 35.5. The lowest BCUT2D eigenvalue weighted by Gasteiger charge is -2.49. The first-order chi connectivity index (χ1) is 22.0. The maximum Gasteiger partial charge on any atom is 0.262 e. The SMILES string of the molecule is C=S1(=O)NC(=O)c2ccc3c(c2)N(C[C@@H]2CC[C@H]2[C@](C=O)(OCCC)/C=C/C[C@H](C)[C@H]1C)C[C@@]1(CCCc2cc(Cl)ccc21)CO3. The zero-order chi connectivity index (χ0) is 32.7. The Morgan fingerprint density at radius 1 is 1.22 bits per heavy atom. The summed E-state index contributed by atoms with van der Waals surface area (Å²) in [5.74, 6) is 4.44. The van der Waals surface area contributed by atoms with E-state index in [1.54, 1.807) is 6.07 Å². The van der Waals surface area contributed by atoms with Gasteiger partial charge >= 0.3 is 0 Å². The Hall–Kier alpha value is -2.81. The number of anilines is 1. The number of aldehydes is 1. The fourth-order valence-corrected chi connectivity index (χ4v) is 9.65. The predicted octanol–water partition coefficient (Wildman–Crippen LogP) is 6.55. The second kappa shape index (κ2) is 13.0. The molecule has 1 amide bonds. The summed E-state index contributed by atoms with van der Waals surface area (Å²) in [4.78, 5) is 29.0. The zero-order valence-electron chi connectivity index (χ0n) is 27.3. The Labute approximate surface area is 279 Å². The Kier molecular flexibility index (Phi) is 9.36. The van der Waals surface area contributed by atoms with Crippen LogP contribution < -0.4 is 14.4 Å². The van der Waals surface area contributed by atoms with Crippen molar-refractivity contribution in [3.63, 3.8) is 0 Å². The van der Waals surface area contributed by atoms with E-state index in [0.717, 1.165) is 55.5 Å². The van der Waals surface area contributed by atoms with Crippen LogP contribution in [0.25, 0.3) is 0 Å². The van der Waals surface area contributed by atoms with Gasteiger partial charge in [-0.2, -0.15) is 0 Å². The Morgan fingerprint density at radius 3 is 2.78 bits per heavy atom. The van der Waals surface area contributed by atoms with Crippen LogP contribution in [0.15, 0.2) is 48.6 Å². The Morgan fingerprint density at radius 2 is 2.04 bits per heavy atom. The minimum Gasteiger partial charge on any atom is -0.490 e. The topological polar surface area (TPSA) is 84.9 Å². The molecule has 7 nitrogen and oxygen atoms in total. The lowest BCUT2D eigenvalue weighted by Crippen LogP contribution is -2.54. The number of fused-ring (bicyclic) bond motifs is 4. The van der Waals surface area contributed by atoms with Crippen LogP contribution in [0.3, 0.4) is 0 Å². The smallest absolute Gasteiger partial charge is 0.262 e. The van der Waals surface area contributed by atoms with Crippen LogP contribution in [-0.2, 0) is 31.1 Å². The lowest BCUT2D eigenvalue weighted by atomic mass is 9.64. The van der Waals surface area contributed by atoms with Gasteiger partial charge in [-0.1, -0.05) is 37.6 Å². The van der Waals surface area contributed by atoms with Gasteiger partial charge in [-0.3, -0.25) is 14.3 Å². The highest BCUT2D eigenvalue weighted by Gasteiger charge is 2.49. The molecular weight excluding hydrogens is 620 g/mol. The third-order valence-corrected chi connectivity index (χ3v) is 13.5. The van der Waals surface area contributed by atoms with Crippen LogP contribution in [0.4, 0.5) is 5.69 Å². The second-order valence-electron chi connectivity index (χ2n) is 14.0. The third-order valence-electron chi connectivity index (χ3n) is 11.0. The van der Waals surface area contributed by atoms with Gasteiger partial charge in [-0.25, -0.2) is 4.21 Å². The number of carbonyl (C=O) groups excluding carboxylic acids is 2. The van der Waals surface area contributed by atoms with Crippen molar-refractivity contribution in [3.8, 4) is 5.75 Å². The van der Waals surface area contributed by atoms with Crippen molar-refractivity contribution in [3.05, 3.63) is 70.3 Å². The molecule has 2 heterocycles. The van der Waals surface area contributed by atoms with E-state index >= 15 is 0 Å². The van der Waals surface area contributed by atoms with E-state index in [4.69, 9.17) is 21.1 Å². The van der Waals surface area contributed by atoms with E-state index in [9.17, 15) is 13.8 Å². The fourth-order valence-electron chi connectivity index (χ4n) is 7.98. The molecular formula is C37H47ClN2O5S. The Bertz CT molecular complexity index is 1630. The minimum atomic E-state index is -2.98. The highest BCUT2D eigenvalue weighted by Crippen LogP contribution is 2.48. The number of allylic oxidation sites excluding steroid dienone is 1. The fraction of sp³-hybridized carbons (Fsp3) is 0.541. The summed E-state index contributed by atoms with van der Waals surface area (Å²) in [5, 5.41) is 0.343. The molecule has 46 heavy (non-hydrogen) atoms. The molecule has 9 heteroatoms. The van der Waals surface area contributed by atoms with Crippen molar-refractivity contribution in [2.24, 2.45) is 17.8 Å². The average molecular weight is 667 g/mol. The van der Waals surface area contributed by atoms with E-state index < -0.39 is 26.5 Å². The number of halogens is 1. The number of hydrogen-bond acceptors (Lipinski definition) is 6. The summed E-state index contributed by atoms with van der Waals surface area (Å²) in [5.41, 5.74) is 2.48. The van der Waals surface area contributed by atoms with E-state index in [1.165, 1.54) is 11.1 Å². The van der Waals surface area contributed by atoms with Gasteiger partial charge in [0.15, 0.2) is 6.29 Å². The van der Waals surface area contributed by atoms with Crippen molar-refractivity contribution in [2.45, 2.75) is 82.0 Å². The maximum absolute atomic E-state index is 13.8. The first-order valence-corrected chi connectivity index (χ1v) is 18.9. The van der Waals surface area contributed by atoms with Gasteiger partial charge in [-0.15, -0.1) is 0 Å². The van der Waals surface area contributed by atoms with Crippen molar-refractivity contribution < 1.29 is 23.3 Å². The molecule has 1 unspecified atom stereocenters. The van der Waals surface area contributed by atoms with Gasteiger partial charge in [0.25, 0.3) is 5.91 Å². The van der Waals surface area contributed by atoms with Crippen LogP contribution in [-0.4, -0.2) is 59.4 Å². The first-order valence-electron chi connectivity index (χ1n) is 16.8. The molecule has 0 aromatic heterocycles. The molecule has 2 aliphatic carbocycles. The molecule has 248 valence electrons. The minimum absolute atomic E-state index is 0.0120. The number of nitrogens with zero attached hydrogens (tertiary/aromatic N) is 1. The van der Waals surface area contributed by atoms with Crippen LogP contribution in [0.5, 0.6) is 5.75 Å². The highest BCUT2D eigenvalue weighted by molar-refractivity contribution is 7.99. The molecule has 0 radical (unpaired) electrons. The summed E-state index contributed by atoms with van der Waals surface area (Å²) in [6.45, 7) is 8.30. The van der Waals surface area contributed by atoms with Crippen LogP contribution >= 0.6 is 11.6 Å². The summed E-state index contributed by atoms with van der Waals surface area (Å²) < 4.78 is 29.6. The van der Waals surface area contributed by atoms with Crippen molar-refractivity contribution >= 4 is 45.1 Å². The molecule has 4 aliphatic rings. The molecule has 1 saturated carbocycles. The van der Waals surface area contributed by atoms with E-state index in [1.807, 2.05) is 44.2 Å². The largest absolute Gasteiger partial charge is 0.490 e. The van der Waals surface area contributed by atoms with E-state index in [-0.39, 0.29) is 23.2 Å². The number of hydrogen-bond donors (Lipinski definition) is 1. The monoisotopic (exact) mass is 666 g/mol. The summed E-state index contributed by atoms with van der Waals surface area (Å²) in [6.07, 6.45) is 11.2. The molecule has 0 saturated heterocycles. The third kappa shape index (κ3) is 6.13. The summed E-state index contributed by atoms with van der Waals surface area (Å²) >= 11 is 6.44. The first kappa shape index (κ1) is 33.1. The number of nitrogens with one attached hydrogen (secondary N) is 1. The van der Waals surface area contributed by atoms with Crippen LogP contribution in [0, 0.1) is 17.8 Å². The molecule has 6 rings (SSSR count). The molecule has 1 fully saturated rings. The second-order valence-corrected chi connectivity index (χ2v) is 16.9. The van der Waals surface area contributed by atoms with Gasteiger partial charge in [0.1, 0.15) is 11.4 Å². The number of benzene rings is 2. The van der Waals surface area contributed by atoms with Crippen molar-refractivity contribution in [1.82, 2.24) is 4.72 Å². The van der Waals surface area contributed by atoms with E-state index in [0.29, 0.717) is 44.0 Å². The zero-order valence-corrected chi connectivity index (χ0v) is 28.8. The number of rotatable bonds is 4. The molecule has 2 aromatic carbocycles. The van der Waals surface area contributed by atoms with Crippen molar-refractivity contribution in [1.29, 1.82) is 0 Å².